The van der Waals surface area contributed by atoms with E-state index in [1.165, 1.54) is 13.2 Å². The predicted molar refractivity (Wildman–Crippen MR) is 112 cm³/mol. The van der Waals surface area contributed by atoms with E-state index < -0.39 is 11.7 Å². The smallest absolute Gasteiger partial charge is 0.417 e. The average molecular weight is 531 g/mol. The molecule has 2 N–H and O–H groups in total. The molecule has 0 spiro atoms. The van der Waals surface area contributed by atoms with Crippen LogP contribution in [0.1, 0.15) is 18.4 Å². The predicted octanol–water partition coefficient (Wildman–Crippen LogP) is 2.49. The number of ether oxygens (including phenoxy) is 2. The number of rotatable bonds is 5. The fraction of sp³-hybridized carbons (Fsp3) is 0.588. The molecule has 1 aliphatic rings. The van der Waals surface area contributed by atoms with Gasteiger partial charge in [0.25, 0.3) is 0 Å². The summed E-state index contributed by atoms with van der Waals surface area (Å²) in [5, 5.41) is 6.34. The first kappa shape index (κ1) is 25.0. The van der Waals surface area contributed by atoms with Crippen molar-refractivity contribution in [3.8, 4) is 5.88 Å². The summed E-state index contributed by atoms with van der Waals surface area (Å²) in [6.45, 7) is 1.80. The molecule has 164 valence electrons. The van der Waals surface area contributed by atoms with Crippen LogP contribution in [-0.2, 0) is 10.9 Å². The summed E-state index contributed by atoms with van der Waals surface area (Å²) in [5.74, 6) is 0.702. The van der Waals surface area contributed by atoms with Crippen molar-refractivity contribution in [1.82, 2.24) is 20.5 Å². The van der Waals surface area contributed by atoms with Crippen molar-refractivity contribution in [2.45, 2.75) is 25.1 Å². The lowest BCUT2D eigenvalue weighted by atomic mass is 10.1. The van der Waals surface area contributed by atoms with Gasteiger partial charge in [-0.15, -0.1) is 24.0 Å². The number of hydrogen-bond acceptors (Lipinski definition) is 5. The van der Waals surface area contributed by atoms with Gasteiger partial charge in [-0.3, -0.25) is 4.99 Å². The van der Waals surface area contributed by atoms with Gasteiger partial charge in [0.05, 0.1) is 19.2 Å². The summed E-state index contributed by atoms with van der Waals surface area (Å²) in [6, 6.07) is 2.28. The molecule has 8 nitrogen and oxygen atoms in total. The van der Waals surface area contributed by atoms with E-state index in [9.17, 15) is 18.0 Å². The molecule has 0 radical (unpaired) electrons. The molecule has 0 saturated carbocycles. The fourth-order valence-electron chi connectivity index (χ4n) is 2.68. The highest BCUT2D eigenvalue weighted by molar-refractivity contribution is 14.0. The van der Waals surface area contributed by atoms with Crippen LogP contribution in [0, 0.1) is 0 Å². The van der Waals surface area contributed by atoms with Crippen LogP contribution in [0.3, 0.4) is 0 Å². The van der Waals surface area contributed by atoms with Crippen molar-refractivity contribution in [1.29, 1.82) is 0 Å². The lowest BCUT2D eigenvalue weighted by Gasteiger charge is -2.32. The Bertz CT molecular complexity index is 665. The maximum Gasteiger partial charge on any atom is 0.417 e. The van der Waals surface area contributed by atoms with E-state index in [0.717, 1.165) is 25.1 Å². The van der Waals surface area contributed by atoms with Crippen molar-refractivity contribution in [3.63, 3.8) is 0 Å². The van der Waals surface area contributed by atoms with Crippen LogP contribution in [0.15, 0.2) is 23.3 Å². The molecular formula is C17H25F3IN5O3. The van der Waals surface area contributed by atoms with Crippen molar-refractivity contribution in [2.75, 3.05) is 40.4 Å². The quantitative estimate of drug-likeness (QED) is 0.263. The lowest BCUT2D eigenvalue weighted by molar-refractivity contribution is -0.137. The maximum absolute atomic E-state index is 12.5. The molecule has 1 saturated heterocycles. The highest BCUT2D eigenvalue weighted by atomic mass is 127. The minimum atomic E-state index is -4.42. The van der Waals surface area contributed by atoms with Crippen LogP contribution < -0.4 is 15.4 Å². The molecular weight excluding hydrogens is 506 g/mol. The zero-order valence-corrected chi connectivity index (χ0v) is 18.5. The highest BCUT2D eigenvalue weighted by Gasteiger charge is 2.30. The summed E-state index contributed by atoms with van der Waals surface area (Å²) in [5.41, 5.74) is -0.819. The number of likely N-dealkylation sites (tertiary alicyclic amines) is 1. The SMILES string of the molecule is CN=C(NCCOc1ccc(C(F)(F)F)cn1)NC1CCN(C(=O)OC)CC1.I. The number of aromatic nitrogens is 1. The van der Waals surface area contributed by atoms with Crippen molar-refractivity contribution < 1.29 is 27.4 Å². The molecule has 0 aliphatic carbocycles. The molecule has 1 amide bonds. The highest BCUT2D eigenvalue weighted by Crippen LogP contribution is 2.29. The van der Waals surface area contributed by atoms with Crippen LogP contribution in [0.4, 0.5) is 18.0 Å². The second-order valence-corrected chi connectivity index (χ2v) is 6.11. The molecule has 29 heavy (non-hydrogen) atoms. The van der Waals surface area contributed by atoms with E-state index in [1.807, 2.05) is 0 Å². The third-order valence-electron chi connectivity index (χ3n) is 4.20. The van der Waals surface area contributed by atoms with Crippen molar-refractivity contribution in [3.05, 3.63) is 23.9 Å². The van der Waals surface area contributed by atoms with Gasteiger partial charge in [0.15, 0.2) is 5.96 Å². The van der Waals surface area contributed by atoms with Gasteiger partial charge in [-0.2, -0.15) is 13.2 Å². The minimum absolute atomic E-state index is 0. The van der Waals surface area contributed by atoms with E-state index in [4.69, 9.17) is 9.47 Å². The summed E-state index contributed by atoms with van der Waals surface area (Å²) in [7, 11) is 3.00. The second-order valence-electron chi connectivity index (χ2n) is 6.11. The van der Waals surface area contributed by atoms with Gasteiger partial charge >= 0.3 is 12.3 Å². The molecule has 0 atom stereocenters. The Labute approximate surface area is 184 Å². The summed E-state index contributed by atoms with van der Waals surface area (Å²) < 4.78 is 47.5. The molecule has 0 bridgehead atoms. The number of carbonyl (C=O) groups is 1. The van der Waals surface area contributed by atoms with Gasteiger partial charge in [0, 0.05) is 38.4 Å². The van der Waals surface area contributed by atoms with Crippen LogP contribution in [0.5, 0.6) is 5.88 Å². The number of pyridine rings is 1. The molecule has 12 heteroatoms. The van der Waals surface area contributed by atoms with Gasteiger partial charge in [-0.05, 0) is 18.9 Å². The van der Waals surface area contributed by atoms with Crippen LogP contribution >= 0.6 is 24.0 Å². The lowest BCUT2D eigenvalue weighted by Crippen LogP contribution is -2.50. The van der Waals surface area contributed by atoms with Gasteiger partial charge < -0.3 is 25.0 Å². The number of halogens is 4. The fourth-order valence-corrected chi connectivity index (χ4v) is 2.68. The Morgan fingerprint density at radius 3 is 2.55 bits per heavy atom. The standard InChI is InChI=1S/C17H24F3N5O3.HI/c1-21-15(24-13-5-8-25(9-6-13)16(26)27-2)22-7-10-28-14-4-3-12(11-23-14)17(18,19)20;/h3-4,11,13H,5-10H2,1-2H3,(H2,21,22,24);1H. The third kappa shape index (κ3) is 8.11. The van der Waals surface area contributed by atoms with Gasteiger partial charge in [-0.25, -0.2) is 9.78 Å². The van der Waals surface area contributed by atoms with E-state index in [2.05, 4.69) is 20.6 Å². The number of methoxy groups -OCH3 is 1. The topological polar surface area (TPSA) is 88.1 Å². The van der Waals surface area contributed by atoms with E-state index in [1.54, 1.807) is 11.9 Å². The number of amides is 1. The molecule has 1 aromatic rings. The van der Waals surface area contributed by atoms with Crippen molar-refractivity contribution >= 4 is 36.0 Å². The van der Waals surface area contributed by atoms with E-state index in [-0.39, 0.29) is 48.6 Å². The average Bonchev–Trinajstić information content (AvgIpc) is 2.69. The number of guanidine groups is 1. The first-order valence-corrected chi connectivity index (χ1v) is 8.79. The number of nitrogens with one attached hydrogen (secondary N) is 2. The molecule has 0 aromatic carbocycles. The number of nitrogens with zero attached hydrogens (tertiary/aromatic N) is 3. The molecule has 1 aliphatic heterocycles. The Morgan fingerprint density at radius 1 is 1.34 bits per heavy atom. The number of piperidine rings is 1. The second kappa shape index (κ2) is 11.9. The van der Waals surface area contributed by atoms with Gasteiger partial charge in [0.1, 0.15) is 6.61 Å². The zero-order chi connectivity index (χ0) is 20.6. The zero-order valence-electron chi connectivity index (χ0n) is 16.2. The number of hydrogen-bond donors (Lipinski definition) is 2. The van der Waals surface area contributed by atoms with Crippen molar-refractivity contribution in [2.24, 2.45) is 4.99 Å². The maximum atomic E-state index is 12.5. The van der Waals surface area contributed by atoms with Crippen LogP contribution in [-0.4, -0.2) is 68.4 Å². The molecule has 0 unspecified atom stereocenters. The Kier molecular flexibility index (Phi) is 10.3. The first-order valence-electron chi connectivity index (χ1n) is 8.79. The molecule has 2 heterocycles. The van der Waals surface area contributed by atoms with E-state index >= 15 is 0 Å². The monoisotopic (exact) mass is 531 g/mol. The van der Waals surface area contributed by atoms with Crippen LogP contribution in [0.25, 0.3) is 0 Å². The Hall–Kier alpha value is -1.99. The van der Waals surface area contributed by atoms with E-state index in [0.29, 0.717) is 25.6 Å². The number of aliphatic imine (C=N–C) groups is 1. The summed E-state index contributed by atoms with van der Waals surface area (Å²) in [4.78, 5) is 20.9. The summed E-state index contributed by atoms with van der Waals surface area (Å²) in [6.07, 6.45) is -2.47. The molecule has 1 fully saturated rings. The Morgan fingerprint density at radius 2 is 2.03 bits per heavy atom. The normalized spacial score (nSPS) is 15.3. The third-order valence-corrected chi connectivity index (χ3v) is 4.20. The molecule has 2 rings (SSSR count). The largest absolute Gasteiger partial charge is 0.476 e. The minimum Gasteiger partial charge on any atom is -0.476 e. The first-order chi connectivity index (χ1) is 13.3. The number of carbonyl (C=O) groups excluding carboxylic acids is 1. The van der Waals surface area contributed by atoms with Gasteiger partial charge in [0.2, 0.25) is 5.88 Å². The summed E-state index contributed by atoms with van der Waals surface area (Å²) >= 11 is 0. The number of alkyl halides is 3. The van der Waals surface area contributed by atoms with Gasteiger partial charge in [-0.1, -0.05) is 0 Å². The van der Waals surface area contributed by atoms with Crippen LogP contribution in [0.2, 0.25) is 0 Å². The molecule has 1 aromatic heterocycles. The Balaban J connectivity index is 0.00000420.